The van der Waals surface area contributed by atoms with Gasteiger partial charge in [0.25, 0.3) is 5.91 Å². The van der Waals surface area contributed by atoms with Gasteiger partial charge in [0.05, 0.1) is 19.4 Å². The molecule has 1 amide bonds. The zero-order chi connectivity index (χ0) is 20.4. The summed E-state index contributed by atoms with van der Waals surface area (Å²) in [5.74, 6) is 1.73. The topological polar surface area (TPSA) is 92.6 Å². The Bertz CT molecular complexity index is 754. The van der Waals surface area contributed by atoms with E-state index in [4.69, 9.17) is 10.2 Å². The highest BCUT2D eigenvalue weighted by Gasteiger charge is 2.07. The molecule has 0 aliphatic carbocycles. The third-order valence-corrected chi connectivity index (χ3v) is 4.44. The van der Waals surface area contributed by atoms with Gasteiger partial charge in [0.1, 0.15) is 5.76 Å². The van der Waals surface area contributed by atoms with Crippen molar-refractivity contribution in [2.24, 2.45) is 16.6 Å². The lowest BCUT2D eigenvalue weighted by Crippen LogP contribution is -2.38. The van der Waals surface area contributed by atoms with Gasteiger partial charge in [0.15, 0.2) is 5.96 Å². The quantitative estimate of drug-likeness (QED) is 0.429. The van der Waals surface area contributed by atoms with Gasteiger partial charge in [0.2, 0.25) is 0 Å². The van der Waals surface area contributed by atoms with Crippen LogP contribution >= 0.6 is 0 Å². The summed E-state index contributed by atoms with van der Waals surface area (Å²) in [5.41, 5.74) is 7.53. The Labute approximate surface area is 167 Å². The van der Waals surface area contributed by atoms with Gasteiger partial charge in [-0.2, -0.15) is 0 Å². The Morgan fingerprint density at radius 1 is 1.18 bits per heavy atom. The second-order valence-corrected chi connectivity index (χ2v) is 7.53. The van der Waals surface area contributed by atoms with E-state index in [0.717, 1.165) is 23.7 Å². The highest BCUT2D eigenvalue weighted by Crippen LogP contribution is 2.09. The minimum Gasteiger partial charge on any atom is -0.467 e. The molecule has 1 atom stereocenters. The van der Waals surface area contributed by atoms with Gasteiger partial charge in [-0.15, -0.1) is 0 Å². The number of carbonyl (C=O) groups is 1. The van der Waals surface area contributed by atoms with Crippen LogP contribution in [-0.2, 0) is 13.1 Å². The van der Waals surface area contributed by atoms with Crippen LogP contribution in [0.25, 0.3) is 0 Å². The van der Waals surface area contributed by atoms with Gasteiger partial charge >= 0.3 is 0 Å². The smallest absolute Gasteiger partial charge is 0.251 e. The number of nitrogens with one attached hydrogen (secondary N) is 2. The van der Waals surface area contributed by atoms with Crippen LogP contribution in [0.2, 0.25) is 0 Å². The van der Waals surface area contributed by atoms with Crippen LogP contribution in [0, 0.1) is 5.92 Å². The number of hydrogen-bond donors (Lipinski definition) is 3. The van der Waals surface area contributed by atoms with Gasteiger partial charge in [-0.3, -0.25) is 4.79 Å². The SMILES string of the molecule is CC(C)CCCC(C)NC(N)=NCc1cccc(C(=O)NCc2ccco2)c1. The molecule has 1 unspecified atom stereocenters. The Morgan fingerprint density at radius 3 is 2.71 bits per heavy atom. The number of amides is 1. The van der Waals surface area contributed by atoms with Gasteiger partial charge in [0, 0.05) is 11.6 Å². The van der Waals surface area contributed by atoms with E-state index in [1.807, 2.05) is 24.3 Å². The number of furan rings is 1. The van der Waals surface area contributed by atoms with Crippen molar-refractivity contribution in [1.29, 1.82) is 0 Å². The highest BCUT2D eigenvalue weighted by atomic mass is 16.3. The molecule has 0 fully saturated rings. The molecule has 0 aliphatic rings. The molecular weight excluding hydrogens is 352 g/mol. The highest BCUT2D eigenvalue weighted by molar-refractivity contribution is 5.94. The Balaban J connectivity index is 1.82. The molecule has 2 rings (SSSR count). The van der Waals surface area contributed by atoms with Crippen LogP contribution in [0.15, 0.2) is 52.1 Å². The molecule has 6 heteroatoms. The second kappa shape index (κ2) is 11.2. The van der Waals surface area contributed by atoms with Gasteiger partial charge < -0.3 is 20.8 Å². The zero-order valence-corrected chi connectivity index (χ0v) is 17.1. The summed E-state index contributed by atoms with van der Waals surface area (Å²) >= 11 is 0. The molecule has 0 saturated heterocycles. The van der Waals surface area contributed by atoms with Gasteiger partial charge in [-0.05, 0) is 49.1 Å². The molecule has 0 saturated carbocycles. The first kappa shape index (κ1) is 21.5. The minimum absolute atomic E-state index is 0.146. The first-order chi connectivity index (χ1) is 13.4. The van der Waals surface area contributed by atoms with Crippen molar-refractivity contribution in [1.82, 2.24) is 10.6 Å². The summed E-state index contributed by atoms with van der Waals surface area (Å²) in [6.07, 6.45) is 5.05. The molecule has 28 heavy (non-hydrogen) atoms. The van der Waals surface area contributed by atoms with E-state index in [2.05, 4.69) is 36.4 Å². The molecule has 4 N–H and O–H groups in total. The van der Waals surface area contributed by atoms with Crippen LogP contribution in [0.4, 0.5) is 0 Å². The van der Waals surface area contributed by atoms with Crippen molar-refractivity contribution in [2.75, 3.05) is 0 Å². The van der Waals surface area contributed by atoms with Crippen molar-refractivity contribution in [2.45, 2.75) is 59.2 Å². The van der Waals surface area contributed by atoms with Crippen molar-refractivity contribution in [3.63, 3.8) is 0 Å². The first-order valence-corrected chi connectivity index (χ1v) is 9.90. The fourth-order valence-electron chi connectivity index (χ4n) is 2.87. The molecule has 1 heterocycles. The monoisotopic (exact) mass is 384 g/mol. The summed E-state index contributed by atoms with van der Waals surface area (Å²) in [4.78, 5) is 16.7. The van der Waals surface area contributed by atoms with Crippen LogP contribution in [0.3, 0.4) is 0 Å². The van der Waals surface area contributed by atoms with Crippen LogP contribution in [-0.4, -0.2) is 17.9 Å². The van der Waals surface area contributed by atoms with E-state index < -0.39 is 0 Å². The van der Waals surface area contributed by atoms with Crippen molar-refractivity contribution >= 4 is 11.9 Å². The molecule has 2 aromatic rings. The Morgan fingerprint density at radius 2 is 2.00 bits per heavy atom. The van der Waals surface area contributed by atoms with Crippen molar-refractivity contribution < 1.29 is 9.21 Å². The number of benzene rings is 1. The predicted molar refractivity (Wildman–Crippen MR) is 113 cm³/mol. The van der Waals surface area contributed by atoms with Crippen molar-refractivity contribution in [3.05, 3.63) is 59.5 Å². The van der Waals surface area contributed by atoms with E-state index >= 15 is 0 Å². The first-order valence-electron chi connectivity index (χ1n) is 9.90. The number of hydrogen-bond acceptors (Lipinski definition) is 3. The lowest BCUT2D eigenvalue weighted by atomic mass is 10.0. The van der Waals surface area contributed by atoms with Crippen LogP contribution < -0.4 is 16.4 Å². The third kappa shape index (κ3) is 7.86. The zero-order valence-electron chi connectivity index (χ0n) is 17.1. The summed E-state index contributed by atoms with van der Waals surface area (Å²) in [7, 11) is 0. The molecule has 0 bridgehead atoms. The van der Waals surface area contributed by atoms with Crippen LogP contribution in [0.5, 0.6) is 0 Å². The molecule has 1 aromatic carbocycles. The maximum Gasteiger partial charge on any atom is 0.251 e. The molecule has 0 radical (unpaired) electrons. The van der Waals surface area contributed by atoms with E-state index in [9.17, 15) is 4.79 Å². The summed E-state index contributed by atoms with van der Waals surface area (Å²) in [6.45, 7) is 7.38. The van der Waals surface area contributed by atoms with Gasteiger partial charge in [-0.25, -0.2) is 4.99 Å². The maximum atomic E-state index is 12.3. The minimum atomic E-state index is -0.146. The second-order valence-electron chi connectivity index (χ2n) is 7.53. The number of nitrogens with two attached hydrogens (primary N) is 1. The molecular formula is C22H32N4O2. The van der Waals surface area contributed by atoms with Crippen molar-refractivity contribution in [3.8, 4) is 0 Å². The molecule has 0 aliphatic heterocycles. The van der Waals surface area contributed by atoms with Gasteiger partial charge in [-0.1, -0.05) is 38.8 Å². The van der Waals surface area contributed by atoms with E-state index in [-0.39, 0.29) is 5.91 Å². The summed E-state index contributed by atoms with van der Waals surface area (Å²) in [6, 6.07) is 11.3. The lowest BCUT2D eigenvalue weighted by molar-refractivity contribution is 0.0948. The third-order valence-electron chi connectivity index (χ3n) is 4.44. The van der Waals surface area contributed by atoms with E-state index in [0.29, 0.717) is 30.7 Å². The number of carbonyl (C=O) groups excluding carboxylic acids is 1. The fourth-order valence-corrected chi connectivity index (χ4v) is 2.87. The lowest BCUT2D eigenvalue weighted by Gasteiger charge is -2.15. The van der Waals surface area contributed by atoms with Crippen LogP contribution in [0.1, 0.15) is 61.7 Å². The number of guanidine groups is 1. The summed E-state index contributed by atoms with van der Waals surface area (Å²) in [5, 5.41) is 6.08. The number of nitrogens with zero attached hydrogens (tertiary/aromatic N) is 1. The number of aliphatic imine (C=N–C) groups is 1. The number of rotatable bonds is 10. The normalized spacial score (nSPS) is 12.8. The van der Waals surface area contributed by atoms with E-state index in [1.165, 1.54) is 12.8 Å². The molecule has 0 spiro atoms. The maximum absolute atomic E-state index is 12.3. The molecule has 1 aromatic heterocycles. The largest absolute Gasteiger partial charge is 0.467 e. The Kier molecular flexibility index (Phi) is 8.59. The average molecular weight is 385 g/mol. The predicted octanol–water partition coefficient (Wildman–Crippen LogP) is 3.83. The van der Waals surface area contributed by atoms with E-state index in [1.54, 1.807) is 18.4 Å². The summed E-state index contributed by atoms with van der Waals surface area (Å²) < 4.78 is 5.22. The molecule has 152 valence electrons. The fraction of sp³-hybridized carbons (Fsp3) is 0.455. The standard InChI is InChI=1S/C22H32N4O2/c1-16(2)7-4-8-17(3)26-22(23)25-14-18-9-5-10-19(13-18)21(27)24-15-20-11-6-12-28-20/h5-6,9-13,16-17H,4,7-8,14-15H2,1-3H3,(H,24,27)(H3,23,25,26). The Hall–Kier alpha value is -2.76. The molecule has 6 nitrogen and oxygen atoms in total. The average Bonchev–Trinajstić information content (AvgIpc) is 3.18.